The molecule has 0 aromatic heterocycles. The number of rotatable bonds is 6. The zero-order valence-electron chi connectivity index (χ0n) is 39.9. The molecule has 0 radical (unpaired) electrons. The van der Waals surface area contributed by atoms with Crippen LogP contribution in [0.1, 0.15) is 0 Å². The minimum absolute atomic E-state index is 0.664. The lowest BCUT2D eigenvalue weighted by atomic mass is 9.92. The zero-order valence-corrected chi connectivity index (χ0v) is 41.7. The van der Waals surface area contributed by atoms with Gasteiger partial charge in [0.05, 0.1) is 66.7 Å². The molecule has 0 saturated carbocycles. The lowest BCUT2D eigenvalue weighted by molar-refractivity contribution is 0.592. The van der Waals surface area contributed by atoms with Crippen LogP contribution in [0, 0.1) is 0 Å². The Balaban J connectivity index is 1.22. The Morgan fingerprint density at radius 3 is 0.865 bits per heavy atom. The SMILES string of the molecule is O=P12c3ccccc3N(c3ccccc3)c3cccc(c31)N(c1ccccc1)c1c(-c3ccccc3)c3c(c(-c4ccccc4)c12)P1(=O)c2ccccc2N(c2ccccc2)c2cccc(c21)N3c1ccccc1. The van der Waals surface area contributed by atoms with Crippen LogP contribution in [0.25, 0.3) is 22.3 Å². The van der Waals surface area contributed by atoms with Gasteiger partial charge in [0.25, 0.3) is 0 Å². The lowest BCUT2D eigenvalue weighted by Crippen LogP contribution is -2.48. The Hall–Kier alpha value is -8.92. The van der Waals surface area contributed by atoms with Crippen LogP contribution < -0.4 is 51.4 Å². The van der Waals surface area contributed by atoms with Gasteiger partial charge in [-0.2, -0.15) is 0 Å². The second kappa shape index (κ2) is 16.3. The molecule has 15 rings (SSSR count). The summed E-state index contributed by atoms with van der Waals surface area (Å²) in [4.78, 5) is 9.25. The molecule has 74 heavy (non-hydrogen) atoms. The summed E-state index contributed by atoms with van der Waals surface area (Å²) in [5, 5.41) is 4.26. The van der Waals surface area contributed by atoms with E-state index in [1.165, 1.54) is 0 Å². The Morgan fingerprint density at radius 1 is 0.230 bits per heavy atom. The average molecular weight is 987 g/mol. The number of fused-ring (bicyclic) bond motifs is 8. The van der Waals surface area contributed by atoms with Crippen LogP contribution in [0.2, 0.25) is 0 Å². The van der Waals surface area contributed by atoms with E-state index in [0.717, 1.165) is 112 Å². The molecule has 0 bridgehead atoms. The summed E-state index contributed by atoms with van der Waals surface area (Å²) >= 11 is 0. The van der Waals surface area contributed by atoms with Crippen molar-refractivity contribution >= 4 is 114 Å². The van der Waals surface area contributed by atoms with Crippen molar-refractivity contribution in [2.24, 2.45) is 0 Å². The van der Waals surface area contributed by atoms with Crippen molar-refractivity contribution in [1.29, 1.82) is 0 Å². The van der Waals surface area contributed by atoms with Crippen LogP contribution in [0.4, 0.5) is 68.2 Å². The maximum atomic E-state index is 18.7. The minimum Gasteiger partial charge on any atom is -0.309 e. The summed E-state index contributed by atoms with van der Waals surface area (Å²) in [6, 6.07) is 91.9. The second-order valence-electron chi connectivity index (χ2n) is 19.0. The summed E-state index contributed by atoms with van der Waals surface area (Å²) in [5.41, 5.74) is 13.6. The van der Waals surface area contributed by atoms with E-state index in [1.807, 2.05) is 60.7 Å². The maximum absolute atomic E-state index is 18.7. The number of para-hydroxylation sites is 6. The third-order valence-corrected chi connectivity index (χ3v) is 21.6. The second-order valence-corrected chi connectivity index (χ2v) is 24.2. The minimum atomic E-state index is -4.04. The Bertz CT molecular complexity index is 3930. The van der Waals surface area contributed by atoms with Gasteiger partial charge in [0.15, 0.2) is 14.3 Å². The van der Waals surface area contributed by atoms with Crippen molar-refractivity contribution in [3.8, 4) is 22.3 Å². The Labute approximate surface area is 430 Å². The van der Waals surface area contributed by atoms with Crippen LogP contribution >= 0.6 is 14.3 Å². The molecule has 0 aliphatic carbocycles. The number of hydrogen-bond acceptors (Lipinski definition) is 6. The smallest absolute Gasteiger partial charge is 0.179 e. The molecule has 0 spiro atoms. The highest BCUT2D eigenvalue weighted by molar-refractivity contribution is 7.88. The molecule has 0 N–H and O–H groups in total. The molecule has 4 aliphatic heterocycles. The van der Waals surface area contributed by atoms with Gasteiger partial charge >= 0.3 is 0 Å². The molecular formula is C66H44N4O2P2. The van der Waals surface area contributed by atoms with Crippen LogP contribution in [-0.4, -0.2) is 0 Å². The fourth-order valence-corrected chi connectivity index (χ4v) is 19.6. The van der Waals surface area contributed by atoms with E-state index in [1.54, 1.807) is 0 Å². The van der Waals surface area contributed by atoms with E-state index in [4.69, 9.17) is 0 Å². The molecule has 4 heterocycles. The third kappa shape index (κ3) is 5.78. The van der Waals surface area contributed by atoms with Crippen molar-refractivity contribution in [2.45, 2.75) is 0 Å². The van der Waals surface area contributed by atoms with Gasteiger partial charge in [0, 0.05) is 44.5 Å². The van der Waals surface area contributed by atoms with Crippen molar-refractivity contribution in [3.63, 3.8) is 0 Å². The highest BCUT2D eigenvalue weighted by Crippen LogP contribution is 2.69. The van der Waals surface area contributed by atoms with Gasteiger partial charge in [0.1, 0.15) is 0 Å². The predicted molar refractivity (Wildman–Crippen MR) is 309 cm³/mol. The summed E-state index contributed by atoms with van der Waals surface area (Å²) in [6.45, 7) is 0. The van der Waals surface area contributed by atoms with E-state index in [-0.39, 0.29) is 0 Å². The van der Waals surface area contributed by atoms with Crippen molar-refractivity contribution < 1.29 is 9.13 Å². The Morgan fingerprint density at radius 2 is 0.500 bits per heavy atom. The van der Waals surface area contributed by atoms with Crippen molar-refractivity contribution in [2.75, 3.05) is 19.6 Å². The predicted octanol–water partition coefficient (Wildman–Crippen LogP) is 15.4. The summed E-state index contributed by atoms with van der Waals surface area (Å²) in [7, 11) is -8.08. The molecule has 4 aliphatic rings. The van der Waals surface area contributed by atoms with Gasteiger partial charge in [-0.1, -0.05) is 170 Å². The van der Waals surface area contributed by atoms with Gasteiger partial charge in [0.2, 0.25) is 0 Å². The number of hydrogen-bond donors (Lipinski definition) is 0. The largest absolute Gasteiger partial charge is 0.309 e. The quantitative estimate of drug-likeness (QED) is 0.155. The molecule has 0 fully saturated rings. The normalized spacial score (nSPS) is 17.3. The molecule has 0 saturated heterocycles. The van der Waals surface area contributed by atoms with Gasteiger partial charge in [-0.15, -0.1) is 0 Å². The van der Waals surface area contributed by atoms with Gasteiger partial charge < -0.3 is 28.7 Å². The first-order valence-electron chi connectivity index (χ1n) is 25.0. The average Bonchev–Trinajstić information content (AvgIpc) is 3.54. The highest BCUT2D eigenvalue weighted by atomic mass is 31.2. The van der Waals surface area contributed by atoms with Crippen LogP contribution in [-0.2, 0) is 9.13 Å². The molecule has 2 atom stereocenters. The molecule has 8 heteroatoms. The standard InChI is InChI=1S/C66H44N4O2P2/c71-73-57-43-21-19-37-51(57)67(47-29-11-3-12-30-47)53-39-23-41-55(63(53)73)69(49-33-15-5-16-34-49)61-59(45-25-7-1-8-26-45)62-66(60(65(61)73)46-27-9-2-10-28-46)74(72)58-44-22-20-38-52(58)68(48-31-13-4-14-32-48)54-40-24-42-56(64(54)74)70(62)50-35-17-6-18-36-50/h1-44H. The molecule has 11 aromatic carbocycles. The first kappa shape index (κ1) is 42.7. The van der Waals surface area contributed by atoms with E-state index in [2.05, 4.69) is 226 Å². The van der Waals surface area contributed by atoms with Crippen LogP contribution in [0.3, 0.4) is 0 Å². The summed E-state index contributed by atoms with van der Waals surface area (Å²) in [6.07, 6.45) is 0. The first-order valence-corrected chi connectivity index (χ1v) is 28.4. The summed E-state index contributed by atoms with van der Waals surface area (Å²) in [5.74, 6) is 0. The lowest BCUT2D eigenvalue weighted by Gasteiger charge is -2.50. The topological polar surface area (TPSA) is 47.1 Å². The molecule has 350 valence electrons. The zero-order chi connectivity index (χ0) is 49.1. The van der Waals surface area contributed by atoms with E-state index in [9.17, 15) is 0 Å². The van der Waals surface area contributed by atoms with Crippen LogP contribution in [0.15, 0.2) is 267 Å². The highest BCUT2D eigenvalue weighted by Gasteiger charge is 2.57. The fourth-order valence-electron chi connectivity index (χ4n) is 12.4. The number of anilines is 12. The maximum Gasteiger partial charge on any atom is 0.179 e. The van der Waals surface area contributed by atoms with E-state index >= 15 is 9.13 Å². The molecule has 0 amide bonds. The number of nitrogens with zero attached hydrogens (tertiary/aromatic N) is 4. The Kier molecular flexibility index (Phi) is 9.41. The molecule has 6 nitrogen and oxygen atoms in total. The van der Waals surface area contributed by atoms with E-state index < -0.39 is 14.3 Å². The van der Waals surface area contributed by atoms with Gasteiger partial charge in [-0.25, -0.2) is 0 Å². The van der Waals surface area contributed by atoms with Crippen molar-refractivity contribution in [3.05, 3.63) is 267 Å². The monoisotopic (exact) mass is 986 g/mol. The summed E-state index contributed by atoms with van der Waals surface area (Å²) < 4.78 is 37.3. The van der Waals surface area contributed by atoms with Gasteiger partial charge in [-0.3, -0.25) is 0 Å². The fraction of sp³-hybridized carbons (Fsp3) is 0. The van der Waals surface area contributed by atoms with Crippen LogP contribution in [0.5, 0.6) is 0 Å². The third-order valence-electron chi connectivity index (χ3n) is 15.2. The molecule has 11 aromatic rings. The molecular weight excluding hydrogens is 943 g/mol. The number of benzene rings is 11. The molecule has 2 unspecified atom stereocenters. The van der Waals surface area contributed by atoms with Crippen molar-refractivity contribution in [1.82, 2.24) is 0 Å². The van der Waals surface area contributed by atoms with E-state index in [0.29, 0.717) is 10.6 Å². The first-order chi connectivity index (χ1) is 36.6. The van der Waals surface area contributed by atoms with Gasteiger partial charge in [-0.05, 0) is 108 Å².